The zero-order valence-corrected chi connectivity index (χ0v) is 26.6. The van der Waals surface area contributed by atoms with Crippen molar-refractivity contribution >= 4 is 62.3 Å². The van der Waals surface area contributed by atoms with E-state index in [1.54, 1.807) is 32.9 Å². The predicted octanol–water partition coefficient (Wildman–Crippen LogP) is 7.19. The Labute approximate surface area is 263 Å². The van der Waals surface area contributed by atoms with Gasteiger partial charge < -0.3 is 10.2 Å². The lowest BCUT2D eigenvalue weighted by atomic mass is 10.1. The van der Waals surface area contributed by atoms with Crippen molar-refractivity contribution in [3.8, 4) is 0 Å². The van der Waals surface area contributed by atoms with E-state index in [4.69, 9.17) is 34.8 Å². The Balaban J connectivity index is 2.15. The summed E-state index contributed by atoms with van der Waals surface area (Å²) in [6.45, 7) is 5.42. The molecule has 3 aromatic rings. The number of hydrogen-bond acceptors (Lipinski definition) is 4. The number of sulfonamides is 1. The number of halogens is 6. The highest BCUT2D eigenvalue weighted by Crippen LogP contribution is 2.37. The predicted molar refractivity (Wildman–Crippen MR) is 162 cm³/mol. The maximum absolute atomic E-state index is 14.0. The monoisotopic (exact) mass is 677 g/mol. The Bertz CT molecular complexity index is 1600. The van der Waals surface area contributed by atoms with Gasteiger partial charge in [-0.15, -0.1) is 0 Å². The molecule has 0 saturated heterocycles. The minimum Gasteiger partial charge on any atom is -0.350 e. The molecule has 0 radical (unpaired) electrons. The lowest BCUT2D eigenvalue weighted by molar-refractivity contribution is -0.140. The molecule has 232 valence electrons. The molecule has 0 aromatic heterocycles. The van der Waals surface area contributed by atoms with Crippen molar-refractivity contribution in [3.05, 3.63) is 92.9 Å². The molecule has 43 heavy (non-hydrogen) atoms. The van der Waals surface area contributed by atoms with Crippen LogP contribution in [0, 0.1) is 0 Å². The summed E-state index contributed by atoms with van der Waals surface area (Å²) < 4.78 is 69.2. The third-order valence-electron chi connectivity index (χ3n) is 6.17. The van der Waals surface area contributed by atoms with Crippen LogP contribution >= 0.6 is 34.8 Å². The Hall–Kier alpha value is -2.99. The normalized spacial score (nSPS) is 12.9. The van der Waals surface area contributed by atoms with Crippen LogP contribution in [-0.2, 0) is 32.3 Å². The largest absolute Gasteiger partial charge is 0.416 e. The fourth-order valence-electron chi connectivity index (χ4n) is 4.00. The van der Waals surface area contributed by atoms with Crippen molar-refractivity contribution in [1.82, 2.24) is 10.2 Å². The number of nitrogens with zero attached hydrogens (tertiary/aromatic N) is 2. The molecule has 0 aliphatic carbocycles. The van der Waals surface area contributed by atoms with Gasteiger partial charge in [-0.1, -0.05) is 59.1 Å². The van der Waals surface area contributed by atoms with Crippen LogP contribution < -0.4 is 9.62 Å². The number of anilines is 1. The topological polar surface area (TPSA) is 86.8 Å². The third kappa shape index (κ3) is 8.78. The molecule has 1 atom stereocenters. The Morgan fingerprint density at radius 3 is 2.09 bits per heavy atom. The average molecular weight is 679 g/mol. The van der Waals surface area contributed by atoms with Gasteiger partial charge in [0.25, 0.3) is 10.0 Å². The van der Waals surface area contributed by atoms with E-state index in [-0.39, 0.29) is 21.5 Å². The van der Waals surface area contributed by atoms with E-state index in [9.17, 15) is 31.2 Å². The molecular weight excluding hydrogens is 650 g/mol. The molecule has 0 spiro atoms. The molecule has 3 aromatic carbocycles. The minimum absolute atomic E-state index is 0.184. The molecule has 1 N–H and O–H groups in total. The molecule has 0 bridgehead atoms. The van der Waals surface area contributed by atoms with E-state index in [1.807, 2.05) is 0 Å². The van der Waals surface area contributed by atoms with E-state index in [2.05, 4.69) is 5.32 Å². The molecule has 0 saturated carbocycles. The Morgan fingerprint density at radius 2 is 1.53 bits per heavy atom. The fourth-order valence-corrected chi connectivity index (χ4v) is 6.19. The van der Waals surface area contributed by atoms with Crippen LogP contribution in [0.1, 0.15) is 38.8 Å². The smallest absolute Gasteiger partial charge is 0.350 e. The second kappa shape index (κ2) is 13.3. The standard InChI is InChI=1S/C29H29Cl3F3N3O4S/c1-18(27(40)36-28(2,3)4)37(16-19-10-12-21(30)15-24(19)32)26(39)17-38(43(41,42)22-8-6-5-7-9-22)25-14-20(29(33,34)35)11-13-23(25)31/h5-15,18H,16-17H2,1-4H3,(H,36,40)/t18-/m1/s1. The first-order chi connectivity index (χ1) is 19.8. The third-order valence-corrected chi connectivity index (χ3v) is 8.85. The van der Waals surface area contributed by atoms with Crippen molar-refractivity contribution in [2.24, 2.45) is 0 Å². The molecular formula is C29H29Cl3F3N3O4S. The van der Waals surface area contributed by atoms with Gasteiger partial charge in [-0.3, -0.25) is 13.9 Å². The average Bonchev–Trinajstić information content (AvgIpc) is 2.90. The van der Waals surface area contributed by atoms with Crippen molar-refractivity contribution in [2.45, 2.75) is 56.9 Å². The van der Waals surface area contributed by atoms with Gasteiger partial charge in [0.15, 0.2) is 0 Å². The maximum atomic E-state index is 14.0. The number of alkyl halides is 3. The molecule has 0 aliphatic heterocycles. The van der Waals surface area contributed by atoms with E-state index >= 15 is 0 Å². The number of hydrogen-bond donors (Lipinski definition) is 1. The van der Waals surface area contributed by atoms with Gasteiger partial charge in [0, 0.05) is 22.1 Å². The van der Waals surface area contributed by atoms with Crippen molar-refractivity contribution in [1.29, 1.82) is 0 Å². The molecule has 0 unspecified atom stereocenters. The maximum Gasteiger partial charge on any atom is 0.416 e. The van der Waals surface area contributed by atoms with E-state index in [0.29, 0.717) is 27.0 Å². The number of amides is 2. The highest BCUT2D eigenvalue weighted by molar-refractivity contribution is 7.92. The summed E-state index contributed by atoms with van der Waals surface area (Å²) in [5, 5.41) is 2.94. The second-order valence-electron chi connectivity index (χ2n) is 10.7. The summed E-state index contributed by atoms with van der Waals surface area (Å²) in [6, 6.07) is 12.4. The van der Waals surface area contributed by atoms with Crippen LogP contribution in [-0.4, -0.2) is 43.3 Å². The number of rotatable bonds is 9. The first kappa shape index (κ1) is 34.5. The molecule has 14 heteroatoms. The summed E-state index contributed by atoms with van der Waals surface area (Å²) in [5.41, 5.74) is -2.02. The minimum atomic E-state index is -4.83. The number of benzene rings is 3. The highest BCUT2D eigenvalue weighted by Gasteiger charge is 2.37. The van der Waals surface area contributed by atoms with Crippen LogP contribution in [0.2, 0.25) is 15.1 Å². The van der Waals surface area contributed by atoms with Gasteiger partial charge in [-0.2, -0.15) is 13.2 Å². The van der Waals surface area contributed by atoms with Gasteiger partial charge in [0.05, 0.1) is 21.2 Å². The Kier molecular flexibility index (Phi) is 10.7. The lowest BCUT2D eigenvalue weighted by Crippen LogP contribution is -2.54. The van der Waals surface area contributed by atoms with E-state index in [0.717, 1.165) is 11.0 Å². The van der Waals surface area contributed by atoms with E-state index < -0.39 is 57.4 Å². The SMILES string of the molecule is C[C@H](C(=O)NC(C)(C)C)N(Cc1ccc(Cl)cc1Cl)C(=O)CN(c1cc(C(F)(F)F)ccc1Cl)S(=O)(=O)c1ccccc1. The van der Waals surface area contributed by atoms with Crippen molar-refractivity contribution < 1.29 is 31.2 Å². The molecule has 0 aliphatic rings. The zero-order valence-electron chi connectivity index (χ0n) is 23.5. The van der Waals surface area contributed by atoms with Gasteiger partial charge in [0.1, 0.15) is 12.6 Å². The highest BCUT2D eigenvalue weighted by atomic mass is 35.5. The van der Waals surface area contributed by atoms with Crippen molar-refractivity contribution in [3.63, 3.8) is 0 Å². The first-order valence-electron chi connectivity index (χ1n) is 12.8. The molecule has 0 heterocycles. The van der Waals surface area contributed by atoms with Crippen molar-refractivity contribution in [2.75, 3.05) is 10.8 Å². The van der Waals surface area contributed by atoms with Crippen LogP contribution in [0.4, 0.5) is 18.9 Å². The quantitative estimate of drug-likeness (QED) is 0.260. The molecule has 2 amide bonds. The summed E-state index contributed by atoms with van der Waals surface area (Å²) in [4.78, 5) is 28.0. The van der Waals surface area contributed by atoms with Crippen LogP contribution in [0.3, 0.4) is 0 Å². The van der Waals surface area contributed by atoms with Gasteiger partial charge in [-0.25, -0.2) is 8.42 Å². The number of nitrogens with one attached hydrogen (secondary N) is 1. The first-order valence-corrected chi connectivity index (χ1v) is 15.4. The number of carbonyl (C=O) groups is 2. The van der Waals surface area contributed by atoms with Gasteiger partial charge in [-0.05, 0) is 75.7 Å². The van der Waals surface area contributed by atoms with Crippen LogP contribution in [0.5, 0.6) is 0 Å². The lowest BCUT2D eigenvalue weighted by Gasteiger charge is -2.34. The Morgan fingerprint density at radius 1 is 0.907 bits per heavy atom. The summed E-state index contributed by atoms with van der Waals surface area (Å²) in [6.07, 6.45) is -4.83. The second-order valence-corrected chi connectivity index (χ2v) is 13.8. The van der Waals surface area contributed by atoms with Gasteiger partial charge in [0.2, 0.25) is 11.8 Å². The number of carbonyl (C=O) groups excluding carboxylic acids is 2. The van der Waals surface area contributed by atoms with Gasteiger partial charge >= 0.3 is 6.18 Å². The van der Waals surface area contributed by atoms with Crippen LogP contribution in [0.15, 0.2) is 71.6 Å². The molecule has 0 fully saturated rings. The van der Waals surface area contributed by atoms with Crippen LogP contribution in [0.25, 0.3) is 0 Å². The summed E-state index contributed by atoms with van der Waals surface area (Å²) in [5.74, 6) is -1.46. The summed E-state index contributed by atoms with van der Waals surface area (Å²) >= 11 is 18.6. The summed E-state index contributed by atoms with van der Waals surface area (Å²) in [7, 11) is -4.64. The molecule has 3 rings (SSSR count). The van der Waals surface area contributed by atoms with E-state index in [1.165, 1.54) is 43.3 Å². The zero-order chi connectivity index (χ0) is 32.3. The fraction of sp³-hybridized carbons (Fsp3) is 0.310. The molecule has 7 nitrogen and oxygen atoms in total.